The molecule has 2 aromatic rings. The Hall–Kier alpha value is -3.65. The summed E-state index contributed by atoms with van der Waals surface area (Å²) in [6.45, 7) is 4.49. The molecule has 7 nitrogen and oxygen atoms in total. The molecule has 3 aliphatic rings. The molecule has 0 amide bonds. The number of ketones is 1. The molecule has 32 heavy (non-hydrogen) atoms. The summed E-state index contributed by atoms with van der Waals surface area (Å²) in [5.41, 5.74) is 3.65. The zero-order valence-corrected chi connectivity index (χ0v) is 17.8. The third-order valence-electron chi connectivity index (χ3n) is 5.85. The van der Waals surface area contributed by atoms with Gasteiger partial charge in [-0.1, -0.05) is 0 Å². The summed E-state index contributed by atoms with van der Waals surface area (Å²) in [6.07, 6.45) is 1.52. The van der Waals surface area contributed by atoms with Gasteiger partial charge in [-0.05, 0) is 55.6 Å². The predicted molar refractivity (Wildman–Crippen MR) is 126 cm³/mol. The van der Waals surface area contributed by atoms with E-state index in [4.69, 9.17) is 0 Å². The van der Waals surface area contributed by atoms with Crippen LogP contribution in [0.1, 0.15) is 10.4 Å². The second kappa shape index (κ2) is 8.47. The van der Waals surface area contributed by atoms with Crippen molar-refractivity contribution in [3.05, 3.63) is 71.1 Å². The standard InChI is InChI=1S/C24H23FN6O/c1-30-10-12-31(13-11-30)19-8-6-18(7-9-19)28-24-27-15-21-20(14-26-23(21)29-24)22(32)16-2-4-17(25)5-3-16/h2-9,14H,10-13,15H2,1H3,(H,27,28). The Labute approximate surface area is 185 Å². The van der Waals surface area contributed by atoms with Crippen LogP contribution in [0.2, 0.25) is 0 Å². The summed E-state index contributed by atoms with van der Waals surface area (Å²) in [5, 5.41) is 3.23. The number of allylic oxidation sites excluding steroid dienone is 1. The molecule has 0 unspecified atom stereocenters. The molecule has 0 radical (unpaired) electrons. The van der Waals surface area contributed by atoms with Crippen LogP contribution in [0, 0.1) is 5.82 Å². The van der Waals surface area contributed by atoms with Crippen LogP contribution in [0.4, 0.5) is 15.8 Å². The highest BCUT2D eigenvalue weighted by molar-refractivity contribution is 6.32. The molecule has 1 saturated heterocycles. The number of hydrogen-bond donors (Lipinski definition) is 1. The minimum atomic E-state index is -0.379. The smallest absolute Gasteiger partial charge is 0.224 e. The number of likely N-dealkylation sites (N-methyl/N-ethyl adjacent to an activating group) is 1. The van der Waals surface area contributed by atoms with Crippen LogP contribution in [0.3, 0.4) is 0 Å². The van der Waals surface area contributed by atoms with E-state index in [1.54, 1.807) is 0 Å². The highest BCUT2D eigenvalue weighted by Gasteiger charge is 2.26. The van der Waals surface area contributed by atoms with Gasteiger partial charge in [-0.3, -0.25) is 4.79 Å². The third kappa shape index (κ3) is 4.09. The number of nitrogens with zero attached hydrogens (tertiary/aromatic N) is 5. The lowest BCUT2D eigenvalue weighted by molar-refractivity contribution is 0.104. The van der Waals surface area contributed by atoms with Crippen molar-refractivity contribution in [2.75, 3.05) is 50.0 Å². The van der Waals surface area contributed by atoms with Crippen molar-refractivity contribution in [1.82, 2.24) is 4.90 Å². The molecular formula is C24H23FN6O. The molecule has 1 fully saturated rings. The first-order chi connectivity index (χ1) is 15.6. The number of piperazine rings is 1. The van der Waals surface area contributed by atoms with Crippen LogP contribution < -0.4 is 10.2 Å². The molecule has 162 valence electrons. The first-order valence-electron chi connectivity index (χ1n) is 10.6. The number of rotatable bonds is 4. The van der Waals surface area contributed by atoms with Gasteiger partial charge in [0, 0.05) is 60.5 Å². The molecule has 3 aliphatic heterocycles. The van der Waals surface area contributed by atoms with E-state index in [0.29, 0.717) is 35.0 Å². The van der Waals surface area contributed by atoms with Crippen molar-refractivity contribution in [2.24, 2.45) is 15.0 Å². The Kier molecular flexibility index (Phi) is 5.36. The van der Waals surface area contributed by atoms with Crippen LogP contribution in [0.25, 0.3) is 0 Å². The first-order valence-corrected chi connectivity index (χ1v) is 10.6. The fourth-order valence-electron chi connectivity index (χ4n) is 3.91. The number of aliphatic imine (C=N–C) groups is 3. The third-order valence-corrected chi connectivity index (χ3v) is 5.85. The molecule has 0 saturated carbocycles. The Balaban J connectivity index is 1.26. The van der Waals surface area contributed by atoms with Gasteiger partial charge in [0.15, 0.2) is 11.6 Å². The molecule has 0 bridgehead atoms. The number of amidine groups is 1. The molecule has 2 aromatic carbocycles. The highest BCUT2D eigenvalue weighted by Crippen LogP contribution is 2.23. The molecule has 0 aliphatic carbocycles. The fraction of sp³-hybridized carbons (Fsp3) is 0.250. The van der Waals surface area contributed by atoms with Gasteiger partial charge in [0.1, 0.15) is 5.82 Å². The molecule has 8 heteroatoms. The van der Waals surface area contributed by atoms with Gasteiger partial charge in [-0.25, -0.2) is 14.4 Å². The second-order valence-electron chi connectivity index (χ2n) is 8.02. The van der Waals surface area contributed by atoms with Crippen LogP contribution in [0.15, 0.2) is 74.7 Å². The SMILES string of the molecule is CN1CCN(c2ccc(NC3=NCC4=C(C(=O)c5ccc(F)cc5)C=NC4=N3)cc2)CC1. The number of carbonyl (C=O) groups is 1. The summed E-state index contributed by atoms with van der Waals surface area (Å²) in [5.74, 6) is 0.363. The Morgan fingerprint density at radius 3 is 2.44 bits per heavy atom. The van der Waals surface area contributed by atoms with Crippen molar-refractivity contribution < 1.29 is 9.18 Å². The lowest BCUT2D eigenvalue weighted by Crippen LogP contribution is -2.44. The molecule has 5 rings (SSSR count). The molecule has 0 aromatic heterocycles. The summed E-state index contributed by atoms with van der Waals surface area (Å²) in [7, 11) is 2.15. The average Bonchev–Trinajstić information content (AvgIpc) is 3.23. The molecule has 1 N–H and O–H groups in total. The topological polar surface area (TPSA) is 72.7 Å². The number of benzene rings is 2. The van der Waals surface area contributed by atoms with Gasteiger partial charge in [0.05, 0.1) is 6.54 Å². The van der Waals surface area contributed by atoms with E-state index in [9.17, 15) is 9.18 Å². The zero-order valence-electron chi connectivity index (χ0n) is 17.8. The number of guanidine groups is 1. The van der Waals surface area contributed by atoms with E-state index in [1.165, 1.54) is 36.2 Å². The molecule has 0 atom stereocenters. The summed E-state index contributed by atoms with van der Waals surface area (Å²) >= 11 is 0. The number of halogens is 1. The van der Waals surface area contributed by atoms with E-state index in [0.717, 1.165) is 31.9 Å². The van der Waals surface area contributed by atoms with E-state index in [1.807, 2.05) is 12.1 Å². The number of anilines is 2. The first kappa shape index (κ1) is 20.3. The Bertz CT molecular complexity index is 1160. The minimum absolute atomic E-state index is 0.208. The number of fused-ring (bicyclic) bond motifs is 1. The maximum absolute atomic E-state index is 13.2. The van der Waals surface area contributed by atoms with Gasteiger partial charge in [0.2, 0.25) is 5.96 Å². The molecular weight excluding hydrogens is 407 g/mol. The largest absolute Gasteiger partial charge is 0.369 e. The van der Waals surface area contributed by atoms with Crippen molar-refractivity contribution >= 4 is 35.2 Å². The van der Waals surface area contributed by atoms with Crippen molar-refractivity contribution in [2.45, 2.75) is 0 Å². The number of nitrogens with one attached hydrogen (secondary N) is 1. The number of Topliss-reactive ketones (excluding diaryl/α,β-unsaturated/α-hetero) is 1. The van der Waals surface area contributed by atoms with Crippen LogP contribution in [-0.2, 0) is 0 Å². The van der Waals surface area contributed by atoms with Gasteiger partial charge in [-0.2, -0.15) is 4.99 Å². The number of carbonyl (C=O) groups excluding carboxylic acids is 1. The van der Waals surface area contributed by atoms with Gasteiger partial charge in [0.25, 0.3) is 0 Å². The average molecular weight is 430 g/mol. The van der Waals surface area contributed by atoms with E-state index in [2.05, 4.69) is 49.3 Å². The lowest BCUT2D eigenvalue weighted by atomic mass is 10.00. The summed E-state index contributed by atoms with van der Waals surface area (Å²) < 4.78 is 13.2. The summed E-state index contributed by atoms with van der Waals surface area (Å²) in [6, 6.07) is 13.7. The molecule has 0 spiro atoms. The van der Waals surface area contributed by atoms with Crippen molar-refractivity contribution in [3.8, 4) is 0 Å². The van der Waals surface area contributed by atoms with Crippen molar-refractivity contribution in [3.63, 3.8) is 0 Å². The monoisotopic (exact) mass is 430 g/mol. The minimum Gasteiger partial charge on any atom is -0.369 e. The van der Waals surface area contributed by atoms with E-state index in [-0.39, 0.29) is 11.6 Å². The van der Waals surface area contributed by atoms with Crippen LogP contribution in [-0.4, -0.2) is 68.5 Å². The lowest BCUT2D eigenvalue weighted by Gasteiger charge is -2.34. The highest BCUT2D eigenvalue weighted by atomic mass is 19.1. The van der Waals surface area contributed by atoms with E-state index >= 15 is 0 Å². The summed E-state index contributed by atoms with van der Waals surface area (Å²) in [4.78, 5) is 30.7. The van der Waals surface area contributed by atoms with Gasteiger partial charge < -0.3 is 15.1 Å². The zero-order chi connectivity index (χ0) is 22.1. The number of hydrogen-bond acceptors (Lipinski definition) is 7. The second-order valence-corrected chi connectivity index (χ2v) is 8.02. The maximum Gasteiger partial charge on any atom is 0.224 e. The van der Waals surface area contributed by atoms with Gasteiger partial charge >= 0.3 is 0 Å². The Morgan fingerprint density at radius 2 is 1.72 bits per heavy atom. The molecule has 3 heterocycles. The normalized spacial score (nSPS) is 18.4. The van der Waals surface area contributed by atoms with Gasteiger partial charge in [-0.15, -0.1) is 0 Å². The predicted octanol–water partition coefficient (Wildman–Crippen LogP) is 3.02. The Morgan fingerprint density at radius 1 is 1.00 bits per heavy atom. The fourth-order valence-corrected chi connectivity index (χ4v) is 3.91. The van der Waals surface area contributed by atoms with Crippen LogP contribution >= 0.6 is 0 Å². The quantitative estimate of drug-likeness (QED) is 0.757. The van der Waals surface area contributed by atoms with E-state index < -0.39 is 0 Å². The maximum atomic E-state index is 13.2. The van der Waals surface area contributed by atoms with Crippen LogP contribution in [0.5, 0.6) is 0 Å². The van der Waals surface area contributed by atoms with Crippen molar-refractivity contribution in [1.29, 1.82) is 0 Å².